The monoisotopic (exact) mass is 277 g/mol. The quantitative estimate of drug-likeness (QED) is 0.857. The van der Waals surface area contributed by atoms with Gasteiger partial charge in [-0.2, -0.15) is 0 Å². The summed E-state index contributed by atoms with van der Waals surface area (Å²) in [6, 6.07) is 3.84. The normalized spacial score (nSPS) is 17.8. The van der Waals surface area contributed by atoms with E-state index in [4.69, 9.17) is 15.2 Å². The molecule has 1 aliphatic rings. The molecule has 0 radical (unpaired) electrons. The summed E-state index contributed by atoms with van der Waals surface area (Å²) in [5.74, 6) is 0.958. The second-order valence-corrected chi connectivity index (χ2v) is 5.56. The van der Waals surface area contributed by atoms with Crippen LogP contribution in [-0.2, 0) is 4.74 Å². The number of hydrogen-bond acceptors (Lipinski definition) is 4. The highest BCUT2D eigenvalue weighted by atomic mass is 16.5. The standard InChI is InChI=1S/C16H23NO3/c1-11-9-14(19-3)12(2)8-13(11)15(18)16(10-17)4-6-20-7-5-16/h8-9H,4-7,10,17H2,1-3H3. The van der Waals surface area contributed by atoms with Crippen molar-refractivity contribution < 1.29 is 14.3 Å². The van der Waals surface area contributed by atoms with Gasteiger partial charge >= 0.3 is 0 Å². The Morgan fingerprint density at radius 2 is 1.95 bits per heavy atom. The van der Waals surface area contributed by atoms with Gasteiger partial charge in [0.25, 0.3) is 0 Å². The zero-order chi connectivity index (χ0) is 14.8. The van der Waals surface area contributed by atoms with Crippen LogP contribution in [0.15, 0.2) is 12.1 Å². The van der Waals surface area contributed by atoms with E-state index >= 15 is 0 Å². The smallest absolute Gasteiger partial charge is 0.170 e. The lowest BCUT2D eigenvalue weighted by Gasteiger charge is -2.35. The van der Waals surface area contributed by atoms with Crippen LogP contribution in [0.1, 0.15) is 34.3 Å². The largest absolute Gasteiger partial charge is 0.496 e. The summed E-state index contributed by atoms with van der Waals surface area (Å²) in [5, 5.41) is 0. The molecule has 4 nitrogen and oxygen atoms in total. The first-order valence-electron chi connectivity index (χ1n) is 7.02. The summed E-state index contributed by atoms with van der Waals surface area (Å²) in [5.41, 5.74) is 8.13. The van der Waals surface area contributed by atoms with Crippen LogP contribution >= 0.6 is 0 Å². The minimum absolute atomic E-state index is 0.145. The number of carbonyl (C=O) groups excluding carboxylic acids is 1. The Morgan fingerprint density at radius 1 is 1.30 bits per heavy atom. The van der Waals surface area contributed by atoms with Crippen molar-refractivity contribution in [2.45, 2.75) is 26.7 Å². The molecule has 0 aromatic heterocycles. The molecule has 1 saturated heterocycles. The first-order chi connectivity index (χ1) is 9.54. The maximum atomic E-state index is 12.9. The minimum atomic E-state index is -0.468. The Morgan fingerprint density at radius 3 is 2.50 bits per heavy atom. The molecule has 0 bridgehead atoms. The van der Waals surface area contributed by atoms with Crippen LogP contribution in [0.2, 0.25) is 0 Å². The van der Waals surface area contributed by atoms with E-state index in [2.05, 4.69) is 0 Å². The lowest BCUT2D eigenvalue weighted by molar-refractivity contribution is 0.0200. The Labute approximate surface area is 120 Å². The molecule has 1 fully saturated rings. The van der Waals surface area contributed by atoms with Crippen LogP contribution in [0.4, 0.5) is 0 Å². The van der Waals surface area contributed by atoms with Gasteiger partial charge in [-0.25, -0.2) is 0 Å². The lowest BCUT2D eigenvalue weighted by atomic mass is 9.73. The van der Waals surface area contributed by atoms with Crippen molar-refractivity contribution in [3.8, 4) is 5.75 Å². The van der Waals surface area contributed by atoms with Crippen molar-refractivity contribution in [2.75, 3.05) is 26.9 Å². The van der Waals surface area contributed by atoms with Gasteiger partial charge in [-0.1, -0.05) is 0 Å². The zero-order valence-corrected chi connectivity index (χ0v) is 12.5. The average molecular weight is 277 g/mol. The van der Waals surface area contributed by atoms with Crippen molar-refractivity contribution >= 4 is 5.78 Å². The number of aryl methyl sites for hydroxylation is 2. The molecule has 0 atom stereocenters. The third-order valence-electron chi connectivity index (χ3n) is 4.31. The SMILES string of the molecule is COc1cc(C)c(C(=O)C2(CN)CCOCC2)cc1C. The summed E-state index contributed by atoms with van der Waals surface area (Å²) in [6.07, 6.45) is 1.40. The van der Waals surface area contributed by atoms with Gasteiger partial charge < -0.3 is 15.2 Å². The van der Waals surface area contributed by atoms with Gasteiger partial charge in [0.1, 0.15) is 5.75 Å². The molecule has 2 N–H and O–H groups in total. The molecule has 2 rings (SSSR count). The fraction of sp³-hybridized carbons (Fsp3) is 0.562. The van der Waals surface area contributed by atoms with Crippen LogP contribution < -0.4 is 10.5 Å². The van der Waals surface area contributed by atoms with E-state index in [1.807, 2.05) is 26.0 Å². The van der Waals surface area contributed by atoms with E-state index < -0.39 is 5.41 Å². The van der Waals surface area contributed by atoms with Gasteiger partial charge in [0, 0.05) is 25.3 Å². The third kappa shape index (κ3) is 2.58. The van der Waals surface area contributed by atoms with Crippen LogP contribution in [0, 0.1) is 19.3 Å². The molecule has 1 aliphatic heterocycles. The number of hydrogen-bond donors (Lipinski definition) is 1. The van der Waals surface area contributed by atoms with Gasteiger partial charge in [-0.3, -0.25) is 4.79 Å². The van der Waals surface area contributed by atoms with Crippen molar-refractivity contribution in [3.05, 3.63) is 28.8 Å². The molecular weight excluding hydrogens is 254 g/mol. The Hall–Kier alpha value is -1.39. The van der Waals surface area contributed by atoms with E-state index in [1.165, 1.54) is 0 Å². The second-order valence-electron chi connectivity index (χ2n) is 5.56. The summed E-state index contributed by atoms with van der Waals surface area (Å²) < 4.78 is 10.7. The summed E-state index contributed by atoms with van der Waals surface area (Å²) in [7, 11) is 1.64. The topological polar surface area (TPSA) is 61.5 Å². The van der Waals surface area contributed by atoms with Crippen molar-refractivity contribution in [2.24, 2.45) is 11.1 Å². The van der Waals surface area contributed by atoms with Crippen molar-refractivity contribution in [3.63, 3.8) is 0 Å². The highest BCUT2D eigenvalue weighted by molar-refractivity contribution is 6.02. The maximum absolute atomic E-state index is 12.9. The summed E-state index contributed by atoms with van der Waals surface area (Å²) in [6.45, 7) is 5.49. The number of carbonyl (C=O) groups is 1. The number of ketones is 1. The summed E-state index contributed by atoms with van der Waals surface area (Å²) in [4.78, 5) is 12.9. The molecule has 0 amide bonds. The molecule has 20 heavy (non-hydrogen) atoms. The third-order valence-corrected chi connectivity index (χ3v) is 4.31. The van der Waals surface area contributed by atoms with Crippen LogP contribution in [0.25, 0.3) is 0 Å². The Bertz CT molecular complexity index is 505. The number of methoxy groups -OCH3 is 1. The van der Waals surface area contributed by atoms with E-state index in [-0.39, 0.29) is 5.78 Å². The number of ether oxygens (including phenoxy) is 2. The predicted octanol–water partition coefficient (Wildman–Crippen LogP) is 2.25. The highest BCUT2D eigenvalue weighted by Gasteiger charge is 2.39. The highest BCUT2D eigenvalue weighted by Crippen LogP contribution is 2.35. The average Bonchev–Trinajstić information content (AvgIpc) is 2.49. The number of benzene rings is 1. The number of rotatable bonds is 4. The molecule has 0 saturated carbocycles. The summed E-state index contributed by atoms with van der Waals surface area (Å²) >= 11 is 0. The fourth-order valence-corrected chi connectivity index (χ4v) is 2.83. The first kappa shape index (κ1) is 15.0. The van der Waals surface area contributed by atoms with E-state index in [0.717, 1.165) is 22.4 Å². The lowest BCUT2D eigenvalue weighted by Crippen LogP contribution is -2.43. The minimum Gasteiger partial charge on any atom is -0.496 e. The molecule has 0 aliphatic carbocycles. The molecule has 1 aromatic carbocycles. The molecule has 4 heteroatoms. The van der Waals surface area contributed by atoms with E-state index in [1.54, 1.807) is 7.11 Å². The Kier molecular flexibility index (Phi) is 4.45. The predicted molar refractivity (Wildman–Crippen MR) is 78.3 cm³/mol. The van der Waals surface area contributed by atoms with E-state index in [0.29, 0.717) is 32.6 Å². The van der Waals surface area contributed by atoms with Crippen molar-refractivity contribution in [1.82, 2.24) is 0 Å². The molecule has 1 aromatic rings. The Balaban J connectivity index is 2.39. The molecular formula is C16H23NO3. The molecule has 110 valence electrons. The molecule has 1 heterocycles. The van der Waals surface area contributed by atoms with Gasteiger partial charge in [-0.15, -0.1) is 0 Å². The second kappa shape index (κ2) is 5.94. The van der Waals surface area contributed by atoms with Gasteiger partial charge in [0.05, 0.1) is 12.5 Å². The van der Waals surface area contributed by atoms with Gasteiger partial charge in [0.2, 0.25) is 0 Å². The van der Waals surface area contributed by atoms with E-state index in [9.17, 15) is 4.79 Å². The van der Waals surface area contributed by atoms with Crippen LogP contribution in [0.3, 0.4) is 0 Å². The zero-order valence-electron chi connectivity index (χ0n) is 12.5. The first-order valence-corrected chi connectivity index (χ1v) is 7.02. The molecule has 0 spiro atoms. The van der Waals surface area contributed by atoms with Crippen LogP contribution in [-0.4, -0.2) is 32.7 Å². The number of nitrogens with two attached hydrogens (primary N) is 1. The van der Waals surface area contributed by atoms with Gasteiger partial charge in [0.15, 0.2) is 5.78 Å². The molecule has 0 unspecified atom stereocenters. The number of Topliss-reactive ketones (excluding diaryl/α,β-unsaturated/α-hetero) is 1. The maximum Gasteiger partial charge on any atom is 0.170 e. The van der Waals surface area contributed by atoms with Crippen molar-refractivity contribution in [1.29, 1.82) is 0 Å². The fourth-order valence-electron chi connectivity index (χ4n) is 2.83. The van der Waals surface area contributed by atoms with Crippen LogP contribution in [0.5, 0.6) is 5.75 Å². The van der Waals surface area contributed by atoms with Gasteiger partial charge in [-0.05, 0) is 49.9 Å².